The van der Waals surface area contributed by atoms with Gasteiger partial charge in [-0.25, -0.2) is 0 Å². The summed E-state index contributed by atoms with van der Waals surface area (Å²) in [7, 11) is 1.73. The van der Waals surface area contributed by atoms with E-state index in [9.17, 15) is 0 Å². The van der Waals surface area contributed by atoms with E-state index < -0.39 is 0 Å². The van der Waals surface area contributed by atoms with E-state index in [0.717, 1.165) is 12.2 Å². The Morgan fingerprint density at radius 1 is 1.38 bits per heavy atom. The van der Waals surface area contributed by atoms with E-state index in [1.807, 2.05) is 0 Å². The summed E-state index contributed by atoms with van der Waals surface area (Å²) < 4.78 is 5.36. The van der Waals surface area contributed by atoms with E-state index in [2.05, 4.69) is 32.0 Å². The van der Waals surface area contributed by atoms with Crippen molar-refractivity contribution in [2.24, 2.45) is 5.73 Å². The molecule has 2 nitrogen and oxygen atoms in total. The third kappa shape index (κ3) is 1.82. The van der Waals surface area contributed by atoms with Crippen LogP contribution in [-0.2, 0) is 11.8 Å². The van der Waals surface area contributed by atoms with Gasteiger partial charge in [0.2, 0.25) is 0 Å². The highest BCUT2D eigenvalue weighted by molar-refractivity contribution is 5.42. The molecule has 0 aromatic heterocycles. The van der Waals surface area contributed by atoms with E-state index >= 15 is 0 Å². The van der Waals surface area contributed by atoms with Crippen molar-refractivity contribution in [2.45, 2.75) is 44.6 Å². The van der Waals surface area contributed by atoms with Gasteiger partial charge in [-0.15, -0.1) is 0 Å². The highest BCUT2D eigenvalue weighted by atomic mass is 16.5. The smallest absolute Gasteiger partial charge is 0.119 e. The monoisotopic (exact) mass is 219 g/mol. The molecule has 0 amide bonds. The van der Waals surface area contributed by atoms with Crippen molar-refractivity contribution in [2.75, 3.05) is 7.11 Å². The fraction of sp³-hybridized carbons (Fsp3) is 0.571. The van der Waals surface area contributed by atoms with Crippen molar-refractivity contribution in [3.63, 3.8) is 0 Å². The first kappa shape index (κ1) is 11.5. The molecule has 0 bridgehead atoms. The molecule has 16 heavy (non-hydrogen) atoms. The topological polar surface area (TPSA) is 35.2 Å². The van der Waals surface area contributed by atoms with Gasteiger partial charge in [-0.05, 0) is 49.4 Å². The molecule has 2 heteroatoms. The molecule has 1 saturated carbocycles. The van der Waals surface area contributed by atoms with Crippen LogP contribution in [0.25, 0.3) is 0 Å². The maximum absolute atomic E-state index is 6.11. The average molecular weight is 219 g/mol. The first-order valence-electron chi connectivity index (χ1n) is 6.06. The van der Waals surface area contributed by atoms with Crippen molar-refractivity contribution in [3.05, 3.63) is 29.3 Å². The molecule has 1 fully saturated rings. The van der Waals surface area contributed by atoms with Gasteiger partial charge in [-0.1, -0.05) is 13.0 Å². The van der Waals surface area contributed by atoms with Crippen LogP contribution in [0.3, 0.4) is 0 Å². The van der Waals surface area contributed by atoms with E-state index in [1.54, 1.807) is 7.11 Å². The number of hydrogen-bond acceptors (Lipinski definition) is 2. The van der Waals surface area contributed by atoms with Crippen LogP contribution in [0.5, 0.6) is 5.75 Å². The van der Waals surface area contributed by atoms with Crippen LogP contribution >= 0.6 is 0 Å². The van der Waals surface area contributed by atoms with Gasteiger partial charge < -0.3 is 10.5 Å². The summed E-state index contributed by atoms with van der Waals surface area (Å²) in [6, 6.07) is 6.78. The third-order valence-corrected chi connectivity index (χ3v) is 3.85. The lowest BCUT2D eigenvalue weighted by Gasteiger charge is -2.21. The van der Waals surface area contributed by atoms with Crippen molar-refractivity contribution in [1.29, 1.82) is 0 Å². The SMILES string of the molecule is CCc1cc(OC)cc(C2(C(C)N)CC2)c1. The largest absolute Gasteiger partial charge is 0.497 e. The molecule has 0 heterocycles. The Kier molecular flexibility index (Phi) is 2.94. The van der Waals surface area contributed by atoms with Crippen molar-refractivity contribution >= 4 is 0 Å². The van der Waals surface area contributed by atoms with Crippen molar-refractivity contribution < 1.29 is 4.74 Å². The standard InChI is InChI=1S/C14H21NO/c1-4-11-7-12(9-13(8-11)16-3)14(5-6-14)10(2)15/h7-10H,4-6,15H2,1-3H3. The summed E-state index contributed by atoms with van der Waals surface area (Å²) in [6.45, 7) is 4.28. The summed E-state index contributed by atoms with van der Waals surface area (Å²) in [5.41, 5.74) is 9.02. The molecule has 0 saturated heterocycles. The molecule has 2 N–H and O–H groups in total. The predicted molar refractivity (Wildman–Crippen MR) is 66.9 cm³/mol. The van der Waals surface area contributed by atoms with Crippen LogP contribution in [-0.4, -0.2) is 13.2 Å². The summed E-state index contributed by atoms with van der Waals surface area (Å²) in [4.78, 5) is 0. The Hall–Kier alpha value is -1.02. The fourth-order valence-corrected chi connectivity index (χ4v) is 2.41. The number of hydrogen-bond donors (Lipinski definition) is 1. The highest BCUT2D eigenvalue weighted by Crippen LogP contribution is 2.51. The highest BCUT2D eigenvalue weighted by Gasteiger charge is 2.47. The van der Waals surface area contributed by atoms with Crippen molar-refractivity contribution in [1.82, 2.24) is 0 Å². The van der Waals surface area contributed by atoms with Gasteiger partial charge in [0.05, 0.1) is 7.11 Å². The molecule has 1 aliphatic rings. The number of aryl methyl sites for hydroxylation is 1. The van der Waals surface area contributed by atoms with Crippen LogP contribution in [0.15, 0.2) is 18.2 Å². The second-order valence-electron chi connectivity index (χ2n) is 4.87. The second-order valence-corrected chi connectivity index (χ2v) is 4.87. The zero-order chi connectivity index (χ0) is 11.8. The molecular formula is C14H21NO. The predicted octanol–water partition coefficient (Wildman–Crippen LogP) is 2.64. The average Bonchev–Trinajstić information content (AvgIpc) is 3.09. The number of ether oxygens (including phenoxy) is 1. The lowest BCUT2D eigenvalue weighted by atomic mass is 9.88. The molecule has 1 atom stereocenters. The minimum absolute atomic E-state index is 0.221. The van der Waals surface area contributed by atoms with E-state index in [4.69, 9.17) is 10.5 Å². The molecule has 1 aliphatic carbocycles. The molecule has 0 radical (unpaired) electrons. The molecule has 2 rings (SSSR count). The lowest BCUT2D eigenvalue weighted by Crippen LogP contribution is -2.31. The second kappa shape index (κ2) is 4.10. The van der Waals surface area contributed by atoms with Crippen LogP contribution in [0.1, 0.15) is 37.8 Å². The van der Waals surface area contributed by atoms with Gasteiger partial charge in [-0.3, -0.25) is 0 Å². The first-order valence-corrected chi connectivity index (χ1v) is 6.06. The fourth-order valence-electron chi connectivity index (χ4n) is 2.41. The molecule has 1 unspecified atom stereocenters. The maximum Gasteiger partial charge on any atom is 0.119 e. The van der Waals surface area contributed by atoms with E-state index in [0.29, 0.717) is 0 Å². The lowest BCUT2D eigenvalue weighted by molar-refractivity contribution is 0.412. The van der Waals surface area contributed by atoms with Gasteiger partial charge in [0, 0.05) is 11.5 Å². The zero-order valence-electron chi connectivity index (χ0n) is 10.4. The van der Waals surface area contributed by atoms with Crippen LogP contribution in [0.4, 0.5) is 0 Å². The van der Waals surface area contributed by atoms with Gasteiger partial charge >= 0.3 is 0 Å². The minimum Gasteiger partial charge on any atom is -0.497 e. The Bertz CT molecular complexity index is 358. The summed E-state index contributed by atoms with van der Waals surface area (Å²) in [5, 5.41) is 0. The van der Waals surface area contributed by atoms with Crippen LogP contribution in [0, 0.1) is 0 Å². The van der Waals surface area contributed by atoms with E-state index in [-0.39, 0.29) is 11.5 Å². The Morgan fingerprint density at radius 2 is 2.06 bits per heavy atom. The normalized spacial score (nSPS) is 19.2. The van der Waals surface area contributed by atoms with Gasteiger partial charge in [-0.2, -0.15) is 0 Å². The quantitative estimate of drug-likeness (QED) is 0.845. The Labute approximate surface area is 97.8 Å². The van der Waals surface area contributed by atoms with Crippen LogP contribution in [0.2, 0.25) is 0 Å². The van der Waals surface area contributed by atoms with Crippen molar-refractivity contribution in [3.8, 4) is 5.75 Å². The van der Waals surface area contributed by atoms with Gasteiger partial charge in [0.1, 0.15) is 5.75 Å². The van der Waals surface area contributed by atoms with Gasteiger partial charge in [0.25, 0.3) is 0 Å². The molecule has 1 aromatic carbocycles. The Balaban J connectivity index is 2.40. The number of nitrogens with two attached hydrogens (primary N) is 1. The number of methoxy groups -OCH3 is 1. The van der Waals surface area contributed by atoms with Gasteiger partial charge in [0.15, 0.2) is 0 Å². The summed E-state index contributed by atoms with van der Waals surface area (Å²) >= 11 is 0. The maximum atomic E-state index is 6.11. The minimum atomic E-state index is 0.221. The molecule has 88 valence electrons. The molecular weight excluding hydrogens is 198 g/mol. The molecule has 0 aliphatic heterocycles. The third-order valence-electron chi connectivity index (χ3n) is 3.85. The summed E-state index contributed by atoms with van der Waals surface area (Å²) in [6.07, 6.45) is 3.46. The first-order chi connectivity index (χ1) is 7.62. The zero-order valence-corrected chi connectivity index (χ0v) is 10.4. The number of benzene rings is 1. The molecule has 0 spiro atoms. The van der Waals surface area contributed by atoms with Crippen LogP contribution < -0.4 is 10.5 Å². The number of rotatable bonds is 4. The Morgan fingerprint density at radius 3 is 2.50 bits per heavy atom. The molecule has 1 aromatic rings. The van der Waals surface area contributed by atoms with E-state index in [1.165, 1.54) is 24.0 Å². The summed E-state index contributed by atoms with van der Waals surface area (Å²) in [5.74, 6) is 0.960.